The van der Waals surface area contributed by atoms with Crippen LogP contribution in [-0.4, -0.2) is 14.8 Å². The molecule has 2 N–H and O–H groups in total. The second-order valence-corrected chi connectivity index (χ2v) is 5.56. The van der Waals surface area contributed by atoms with Crippen LogP contribution in [-0.2, 0) is 13.5 Å². The molecule has 21 heavy (non-hydrogen) atoms. The Labute approximate surface area is 122 Å². The normalized spacial score (nSPS) is 11.5. The van der Waals surface area contributed by atoms with Gasteiger partial charge < -0.3 is 4.98 Å². The van der Waals surface area contributed by atoms with Gasteiger partial charge in [0.05, 0.1) is 6.20 Å². The maximum Gasteiger partial charge on any atom is 0.200 e. The number of hydrogen-bond donors (Lipinski definition) is 1. The van der Waals surface area contributed by atoms with Crippen LogP contribution in [0.3, 0.4) is 0 Å². The lowest BCUT2D eigenvalue weighted by Crippen LogP contribution is -2.09. The Balaban J connectivity index is 1.98. The van der Waals surface area contributed by atoms with Gasteiger partial charge in [0.2, 0.25) is 5.69 Å². The number of nitrogens with zero attached hydrogens (tertiary/aromatic N) is 2. The molecule has 3 heterocycles. The van der Waals surface area contributed by atoms with Gasteiger partial charge in [-0.3, -0.25) is 4.68 Å². The summed E-state index contributed by atoms with van der Waals surface area (Å²) in [5.41, 5.74) is 6.05. The van der Waals surface area contributed by atoms with Crippen molar-refractivity contribution >= 4 is 21.8 Å². The van der Waals surface area contributed by atoms with E-state index < -0.39 is 0 Å². The lowest BCUT2D eigenvalue weighted by Gasteiger charge is -2.00. The van der Waals surface area contributed by atoms with Crippen LogP contribution in [0.5, 0.6) is 0 Å². The zero-order valence-electron chi connectivity index (χ0n) is 12.1. The summed E-state index contributed by atoms with van der Waals surface area (Å²) in [6.07, 6.45) is 7.00. The Hall–Kier alpha value is -2.62. The molecule has 0 spiro atoms. The molecule has 0 aliphatic carbocycles. The monoisotopic (exact) mass is 277 g/mol. The molecule has 0 amide bonds. The van der Waals surface area contributed by atoms with E-state index in [1.807, 2.05) is 17.9 Å². The second-order valence-electron chi connectivity index (χ2n) is 5.56. The minimum Gasteiger partial charge on any atom is -0.349 e. The van der Waals surface area contributed by atoms with Gasteiger partial charge in [-0.2, -0.15) is 5.10 Å². The summed E-state index contributed by atoms with van der Waals surface area (Å²) < 4.78 is 1.85. The molecule has 0 aliphatic heterocycles. The fourth-order valence-corrected chi connectivity index (χ4v) is 3.02. The molecule has 104 valence electrons. The van der Waals surface area contributed by atoms with Crippen LogP contribution in [0.4, 0.5) is 0 Å². The highest BCUT2D eigenvalue weighted by Crippen LogP contribution is 2.29. The van der Waals surface area contributed by atoms with Crippen LogP contribution >= 0.6 is 0 Å². The number of fused-ring (bicyclic) bond motifs is 3. The Kier molecular flexibility index (Phi) is 2.57. The van der Waals surface area contributed by atoms with Crippen molar-refractivity contribution in [2.24, 2.45) is 7.05 Å². The van der Waals surface area contributed by atoms with Gasteiger partial charge in [0, 0.05) is 48.4 Å². The molecular weight excluding hydrogens is 260 g/mol. The standard InChI is InChI=1S/C17H16N4/c1-11-17-16(14-5-3-4-6-15(14)20-17)13(9-18-11)7-12-8-19-21(2)10-12/h3-6,8-10,20H,7H2,1-2H3/p+1. The highest BCUT2D eigenvalue weighted by molar-refractivity contribution is 6.09. The minimum atomic E-state index is 0.878. The van der Waals surface area contributed by atoms with Gasteiger partial charge in [0.15, 0.2) is 6.20 Å². The van der Waals surface area contributed by atoms with Crippen molar-refractivity contribution in [1.29, 1.82) is 0 Å². The SMILES string of the molecule is Cc1[nH+]cc(Cc2cnn(C)c2)c2c1[nH]c1ccccc12. The number of rotatable bonds is 2. The predicted octanol–water partition coefficient (Wildman–Crippen LogP) is 2.77. The molecule has 0 atom stereocenters. The van der Waals surface area contributed by atoms with Crippen LogP contribution in [0.2, 0.25) is 0 Å². The van der Waals surface area contributed by atoms with Crippen LogP contribution < -0.4 is 4.98 Å². The van der Waals surface area contributed by atoms with E-state index in [-0.39, 0.29) is 0 Å². The van der Waals surface area contributed by atoms with Gasteiger partial charge in [-0.25, -0.2) is 4.98 Å². The first kappa shape index (κ1) is 12.1. The highest BCUT2D eigenvalue weighted by Gasteiger charge is 2.15. The van der Waals surface area contributed by atoms with Gasteiger partial charge in [0.25, 0.3) is 0 Å². The maximum atomic E-state index is 4.26. The van der Waals surface area contributed by atoms with Crippen molar-refractivity contribution < 1.29 is 4.98 Å². The third-order valence-corrected chi connectivity index (χ3v) is 4.02. The number of aromatic nitrogens is 4. The van der Waals surface area contributed by atoms with Crippen molar-refractivity contribution in [2.75, 3.05) is 0 Å². The number of nitrogens with one attached hydrogen (secondary N) is 2. The molecule has 1 aromatic carbocycles. The van der Waals surface area contributed by atoms with Crippen molar-refractivity contribution in [2.45, 2.75) is 13.3 Å². The number of para-hydroxylation sites is 1. The molecule has 4 heteroatoms. The molecule has 4 rings (SSSR count). The Morgan fingerprint density at radius 1 is 1.29 bits per heavy atom. The van der Waals surface area contributed by atoms with Crippen LogP contribution in [0, 0.1) is 6.92 Å². The van der Waals surface area contributed by atoms with Crippen molar-refractivity contribution in [3.05, 3.63) is 59.7 Å². The molecule has 3 aromatic heterocycles. The summed E-state index contributed by atoms with van der Waals surface area (Å²) >= 11 is 0. The first-order valence-electron chi connectivity index (χ1n) is 7.10. The summed E-state index contributed by atoms with van der Waals surface area (Å²) in [6.45, 7) is 2.10. The summed E-state index contributed by atoms with van der Waals surface area (Å²) in [7, 11) is 1.95. The maximum absolute atomic E-state index is 4.26. The molecule has 0 radical (unpaired) electrons. The third-order valence-electron chi connectivity index (χ3n) is 4.02. The van der Waals surface area contributed by atoms with Gasteiger partial charge in [-0.05, 0) is 11.6 Å². The summed E-state index contributed by atoms with van der Waals surface area (Å²) in [5.74, 6) is 0. The van der Waals surface area contributed by atoms with Crippen LogP contribution in [0.25, 0.3) is 21.8 Å². The molecule has 0 aliphatic rings. The van der Waals surface area contributed by atoms with E-state index in [0.717, 1.165) is 12.1 Å². The molecule has 0 fully saturated rings. The van der Waals surface area contributed by atoms with Crippen LogP contribution in [0.15, 0.2) is 42.9 Å². The fraction of sp³-hybridized carbons (Fsp3) is 0.176. The number of benzene rings is 1. The summed E-state index contributed by atoms with van der Waals surface area (Å²) in [4.78, 5) is 6.90. The number of H-pyrrole nitrogens is 2. The highest BCUT2D eigenvalue weighted by atomic mass is 15.2. The molecule has 4 nitrogen and oxygen atoms in total. The van der Waals surface area contributed by atoms with Gasteiger partial charge in [-0.15, -0.1) is 0 Å². The first-order chi connectivity index (χ1) is 10.2. The van der Waals surface area contributed by atoms with Crippen LogP contribution in [0.1, 0.15) is 16.8 Å². The van der Waals surface area contributed by atoms with E-state index in [2.05, 4.69) is 58.6 Å². The number of hydrogen-bond acceptors (Lipinski definition) is 1. The van der Waals surface area contributed by atoms with Gasteiger partial charge in [0.1, 0.15) is 5.52 Å². The average Bonchev–Trinajstić information content (AvgIpc) is 3.06. The van der Waals surface area contributed by atoms with Crippen molar-refractivity contribution in [3.63, 3.8) is 0 Å². The predicted molar refractivity (Wildman–Crippen MR) is 83.1 cm³/mol. The van der Waals surface area contributed by atoms with E-state index in [0.29, 0.717) is 0 Å². The van der Waals surface area contributed by atoms with E-state index in [1.165, 1.54) is 32.9 Å². The van der Waals surface area contributed by atoms with Crippen molar-refractivity contribution in [3.8, 4) is 0 Å². The van der Waals surface area contributed by atoms with Gasteiger partial charge >= 0.3 is 0 Å². The molecule has 0 saturated heterocycles. The zero-order chi connectivity index (χ0) is 14.4. The van der Waals surface area contributed by atoms with E-state index in [1.54, 1.807) is 0 Å². The van der Waals surface area contributed by atoms with Crippen molar-refractivity contribution in [1.82, 2.24) is 14.8 Å². The Morgan fingerprint density at radius 2 is 2.14 bits per heavy atom. The van der Waals surface area contributed by atoms with E-state index in [9.17, 15) is 0 Å². The molecule has 0 unspecified atom stereocenters. The second kappa shape index (κ2) is 4.45. The Bertz CT molecular complexity index is 946. The third kappa shape index (κ3) is 1.91. The van der Waals surface area contributed by atoms with E-state index in [4.69, 9.17) is 0 Å². The lowest BCUT2D eigenvalue weighted by atomic mass is 10.0. The summed E-state index contributed by atoms with van der Waals surface area (Å²) in [6, 6.07) is 8.47. The summed E-state index contributed by atoms with van der Waals surface area (Å²) in [5, 5.41) is 6.85. The number of aromatic amines is 2. The molecule has 0 saturated carbocycles. The Morgan fingerprint density at radius 3 is 2.95 bits per heavy atom. The molecule has 4 aromatic rings. The topological polar surface area (TPSA) is 47.8 Å². The molecular formula is C17H17N4+. The smallest absolute Gasteiger partial charge is 0.200 e. The lowest BCUT2D eigenvalue weighted by molar-refractivity contribution is -0.386. The molecule has 0 bridgehead atoms. The first-order valence-corrected chi connectivity index (χ1v) is 7.10. The van der Waals surface area contributed by atoms with E-state index >= 15 is 0 Å². The quantitative estimate of drug-likeness (QED) is 0.601. The zero-order valence-corrected chi connectivity index (χ0v) is 12.1. The largest absolute Gasteiger partial charge is 0.349 e. The number of pyridine rings is 1. The van der Waals surface area contributed by atoms with Gasteiger partial charge in [-0.1, -0.05) is 18.2 Å². The minimum absolute atomic E-state index is 0.878. The fourth-order valence-electron chi connectivity index (χ4n) is 3.02. The number of aryl methyl sites for hydroxylation is 2. The average molecular weight is 277 g/mol.